The Morgan fingerprint density at radius 2 is 1.72 bits per heavy atom. The van der Waals surface area contributed by atoms with E-state index in [4.69, 9.17) is 9.47 Å². The third kappa shape index (κ3) is 4.56. The Kier molecular flexibility index (Phi) is 7.17. The van der Waals surface area contributed by atoms with Crippen LogP contribution in [0.4, 0.5) is 5.69 Å². The van der Waals surface area contributed by atoms with E-state index < -0.39 is 17.8 Å². The molecule has 8 nitrogen and oxygen atoms in total. The molecule has 2 bridgehead atoms. The van der Waals surface area contributed by atoms with E-state index in [9.17, 15) is 19.2 Å². The number of nitrogens with zero attached hydrogens (tertiary/aromatic N) is 1. The molecule has 2 saturated carbocycles. The molecule has 4 aliphatic rings. The zero-order valence-electron chi connectivity index (χ0n) is 25.3. The van der Waals surface area contributed by atoms with E-state index in [-0.39, 0.29) is 52.2 Å². The number of aromatic nitrogens is 1. The smallest absolute Gasteiger partial charge is 0.338 e. The van der Waals surface area contributed by atoms with Gasteiger partial charge < -0.3 is 14.5 Å². The Morgan fingerprint density at radius 1 is 0.957 bits per heavy atom. The fourth-order valence-corrected chi connectivity index (χ4v) is 11.3. The summed E-state index contributed by atoms with van der Waals surface area (Å²) in [6.07, 6.45) is 0.798. The van der Waals surface area contributed by atoms with Crippen molar-refractivity contribution < 1.29 is 23.9 Å². The molecule has 46 heavy (non-hydrogen) atoms. The average molecular weight is 653 g/mol. The third-order valence-electron chi connectivity index (χ3n) is 10.1. The minimum absolute atomic E-state index is 0.00434. The maximum Gasteiger partial charge on any atom is 0.338 e. The highest BCUT2D eigenvalue weighted by Crippen LogP contribution is 2.69. The zero-order chi connectivity index (χ0) is 31.7. The Bertz CT molecular complexity index is 1930. The number of thiazole rings is 1. The van der Waals surface area contributed by atoms with Gasteiger partial charge >= 0.3 is 10.8 Å². The van der Waals surface area contributed by atoms with Gasteiger partial charge in [-0.05, 0) is 73.9 Å². The second kappa shape index (κ2) is 11.3. The predicted molar refractivity (Wildman–Crippen MR) is 175 cm³/mol. The maximum atomic E-state index is 14.2. The first-order valence-corrected chi connectivity index (χ1v) is 17.4. The first-order valence-electron chi connectivity index (χ1n) is 15.7. The Morgan fingerprint density at radius 3 is 2.48 bits per heavy atom. The van der Waals surface area contributed by atoms with Crippen LogP contribution in [-0.2, 0) is 20.9 Å². The molecule has 2 amide bonds. The minimum atomic E-state index is -0.441. The van der Waals surface area contributed by atoms with Gasteiger partial charge in [-0.1, -0.05) is 59.4 Å². The van der Waals surface area contributed by atoms with Gasteiger partial charge in [0.1, 0.15) is 12.4 Å². The van der Waals surface area contributed by atoms with Gasteiger partial charge in [-0.25, -0.2) is 4.79 Å². The number of carbonyl (C=O) groups is 3. The lowest BCUT2D eigenvalue weighted by molar-refractivity contribution is -0.123. The molecule has 1 aromatic heterocycles. The molecule has 3 fully saturated rings. The largest absolute Gasteiger partial charge is 0.489 e. The van der Waals surface area contributed by atoms with Crippen LogP contribution in [-0.4, -0.2) is 34.6 Å². The van der Waals surface area contributed by atoms with Crippen LogP contribution in [0.15, 0.2) is 82.6 Å². The fraction of sp³-hybridized carbons (Fsp3) is 0.333. The van der Waals surface area contributed by atoms with Crippen LogP contribution >= 0.6 is 23.1 Å². The van der Waals surface area contributed by atoms with E-state index in [0.29, 0.717) is 17.9 Å². The van der Waals surface area contributed by atoms with Crippen molar-refractivity contribution in [1.29, 1.82) is 0 Å². The molecule has 0 unspecified atom stereocenters. The minimum Gasteiger partial charge on any atom is -0.489 e. The number of ether oxygens (including phenoxy) is 2. The third-order valence-corrected chi connectivity index (χ3v) is 12.7. The molecule has 4 aromatic rings. The molecule has 0 radical (unpaired) electrons. The first-order chi connectivity index (χ1) is 22.3. The second-order valence-electron chi connectivity index (χ2n) is 12.6. The van der Waals surface area contributed by atoms with Crippen molar-refractivity contribution in [2.75, 3.05) is 11.5 Å². The molecule has 7 atom stereocenters. The number of anilines is 1. The highest BCUT2D eigenvalue weighted by atomic mass is 32.2. The number of H-pyrrole nitrogens is 1. The van der Waals surface area contributed by atoms with E-state index in [1.165, 1.54) is 21.8 Å². The molecule has 3 aromatic carbocycles. The first kappa shape index (κ1) is 29.3. The summed E-state index contributed by atoms with van der Waals surface area (Å²) in [4.78, 5) is 58.4. The molecule has 1 N–H and O–H groups in total. The van der Waals surface area contributed by atoms with Crippen molar-refractivity contribution in [3.63, 3.8) is 0 Å². The van der Waals surface area contributed by atoms with Gasteiger partial charge in [0.2, 0.25) is 11.8 Å². The number of esters is 1. The van der Waals surface area contributed by atoms with Crippen molar-refractivity contribution in [3.8, 4) is 5.75 Å². The van der Waals surface area contributed by atoms with Gasteiger partial charge in [-0.2, -0.15) is 0 Å². The number of aryl methyl sites for hydroxylation is 1. The summed E-state index contributed by atoms with van der Waals surface area (Å²) in [6, 6.07) is 22.8. The number of aromatic amines is 1. The topological polar surface area (TPSA) is 106 Å². The molecule has 2 aliphatic carbocycles. The maximum absolute atomic E-state index is 14.2. The summed E-state index contributed by atoms with van der Waals surface area (Å²) in [5, 5.41) is 0.934. The molecule has 3 heterocycles. The molecular weight excluding hydrogens is 621 g/mol. The monoisotopic (exact) mass is 652 g/mol. The predicted octanol–water partition coefficient (Wildman–Crippen LogP) is 6.18. The van der Waals surface area contributed by atoms with Crippen molar-refractivity contribution >= 4 is 46.6 Å². The van der Waals surface area contributed by atoms with Gasteiger partial charge in [0.15, 0.2) is 0 Å². The molecule has 2 aliphatic heterocycles. The molecule has 234 valence electrons. The number of nitrogens with one attached hydrogen (secondary N) is 1. The summed E-state index contributed by atoms with van der Waals surface area (Å²) < 4.78 is 11.6. The highest BCUT2D eigenvalue weighted by Gasteiger charge is 2.69. The number of amides is 2. The second-order valence-corrected chi connectivity index (χ2v) is 14.8. The van der Waals surface area contributed by atoms with Crippen LogP contribution < -0.4 is 14.5 Å². The molecular formula is C36H32N2O6S2. The fourth-order valence-electron chi connectivity index (χ4n) is 8.41. The summed E-state index contributed by atoms with van der Waals surface area (Å²) in [5.74, 6) is -0.957. The van der Waals surface area contributed by atoms with Crippen molar-refractivity contribution in [2.45, 2.75) is 43.1 Å². The highest BCUT2D eigenvalue weighted by molar-refractivity contribution is 8.00. The van der Waals surface area contributed by atoms with E-state index in [2.05, 4.69) is 30.1 Å². The number of hydrogen-bond acceptors (Lipinski definition) is 8. The number of imide groups is 1. The quantitative estimate of drug-likeness (QED) is 0.188. The standard InChI is InChI=1S/C36H32N2O6S2/c1-3-43-35(41)20-11-13-21(14-12-20)38-33(39)28-23-16-24(29(28)34(38)40)30-27(23)26(31-32(45-30)37-36(42)46-31)22-9-4-5-10-25(22)44-17-19-8-6-7-18(2)15-19/h4-15,23-24,26-30H,3,16-17H2,1-2H3,(H,37,42)/t23-,24-,26+,27+,28+,29+,30-/m1/s1. The summed E-state index contributed by atoms with van der Waals surface area (Å²) in [7, 11) is 0. The van der Waals surface area contributed by atoms with E-state index in [1.54, 1.807) is 43.0 Å². The van der Waals surface area contributed by atoms with Crippen LogP contribution in [0.3, 0.4) is 0 Å². The number of para-hydroxylation sites is 1. The lowest BCUT2D eigenvalue weighted by atomic mass is 9.68. The van der Waals surface area contributed by atoms with E-state index >= 15 is 0 Å². The van der Waals surface area contributed by atoms with Crippen LogP contribution in [0.5, 0.6) is 5.75 Å². The number of carbonyl (C=O) groups excluding carboxylic acids is 3. The van der Waals surface area contributed by atoms with Crippen molar-refractivity contribution in [2.24, 2.45) is 29.6 Å². The number of thioether (sulfide) groups is 1. The number of hydrogen-bond donors (Lipinski definition) is 1. The van der Waals surface area contributed by atoms with Gasteiger partial charge in [0, 0.05) is 21.6 Å². The zero-order valence-corrected chi connectivity index (χ0v) is 26.9. The van der Waals surface area contributed by atoms with Gasteiger partial charge in [-0.15, -0.1) is 11.8 Å². The van der Waals surface area contributed by atoms with Crippen molar-refractivity contribution in [1.82, 2.24) is 4.98 Å². The van der Waals surface area contributed by atoms with Crippen LogP contribution in [0, 0.1) is 36.5 Å². The van der Waals surface area contributed by atoms with Gasteiger partial charge in [-0.3, -0.25) is 19.3 Å². The lowest BCUT2D eigenvalue weighted by Crippen LogP contribution is -2.42. The molecule has 0 spiro atoms. The van der Waals surface area contributed by atoms with Crippen LogP contribution in [0.25, 0.3) is 0 Å². The Hall–Kier alpha value is -4.15. The molecule has 10 heteroatoms. The van der Waals surface area contributed by atoms with Crippen LogP contribution in [0.2, 0.25) is 0 Å². The Labute approximate surface area is 274 Å². The van der Waals surface area contributed by atoms with E-state index in [0.717, 1.165) is 33.2 Å². The van der Waals surface area contributed by atoms with Gasteiger partial charge in [0.05, 0.1) is 34.7 Å². The SMILES string of the molecule is CCOC(=O)c1ccc(N2C(=O)[C@H]3[C@H]4C[C@@H]([C@@H]3C2=O)[C@H]2[C@H](c3ccccc3OCc3cccc(C)c3)c3sc(=O)[nH]c3S[C@H]42)cc1. The average Bonchev–Trinajstić information content (AvgIpc) is 3.79. The Balaban J connectivity index is 1.14. The number of rotatable bonds is 7. The summed E-state index contributed by atoms with van der Waals surface area (Å²) >= 11 is 2.91. The normalized spacial score (nSPS) is 27.3. The molecule has 8 rings (SSSR count). The summed E-state index contributed by atoms with van der Waals surface area (Å²) in [5.41, 5.74) is 4.10. The molecule has 1 saturated heterocycles. The number of fused-ring (bicyclic) bond motifs is 9. The summed E-state index contributed by atoms with van der Waals surface area (Å²) in [6.45, 7) is 4.48. The lowest BCUT2D eigenvalue weighted by Gasteiger charge is -2.43. The van der Waals surface area contributed by atoms with Crippen molar-refractivity contribution in [3.05, 3.63) is 110 Å². The number of benzene rings is 3. The van der Waals surface area contributed by atoms with Crippen LogP contribution in [0.1, 0.15) is 51.2 Å². The van der Waals surface area contributed by atoms with E-state index in [1.807, 2.05) is 30.3 Å². The van der Waals surface area contributed by atoms with Gasteiger partial charge in [0.25, 0.3) is 0 Å².